The van der Waals surface area contributed by atoms with Crippen molar-refractivity contribution in [3.8, 4) is 5.75 Å². The summed E-state index contributed by atoms with van der Waals surface area (Å²) >= 11 is 0. The van der Waals surface area contributed by atoms with E-state index in [0.29, 0.717) is 13.0 Å². The molecule has 0 bridgehead atoms. The molecule has 1 aromatic heterocycles. The Balaban J connectivity index is 1.42. The Kier molecular flexibility index (Phi) is 6.88. The van der Waals surface area contributed by atoms with E-state index in [2.05, 4.69) is 38.2 Å². The maximum absolute atomic E-state index is 13.1. The zero-order valence-electron chi connectivity index (χ0n) is 21.3. The van der Waals surface area contributed by atoms with Crippen molar-refractivity contribution in [1.29, 1.82) is 0 Å². The van der Waals surface area contributed by atoms with Crippen LogP contribution in [0.5, 0.6) is 5.75 Å². The summed E-state index contributed by atoms with van der Waals surface area (Å²) in [6, 6.07) is 12.9. The number of amides is 3. The van der Waals surface area contributed by atoms with Gasteiger partial charge >= 0.3 is 6.03 Å². The summed E-state index contributed by atoms with van der Waals surface area (Å²) in [5.41, 5.74) is 2.61. The highest BCUT2D eigenvalue weighted by Crippen LogP contribution is 2.34. The molecule has 2 aromatic carbocycles. The van der Waals surface area contributed by atoms with Crippen molar-refractivity contribution >= 4 is 22.9 Å². The summed E-state index contributed by atoms with van der Waals surface area (Å²) in [7, 11) is 0. The molecule has 7 heteroatoms. The third-order valence-electron chi connectivity index (χ3n) is 6.38. The normalized spacial score (nSPS) is 18.4. The van der Waals surface area contributed by atoms with Gasteiger partial charge in [-0.25, -0.2) is 4.79 Å². The van der Waals surface area contributed by atoms with Crippen molar-refractivity contribution in [3.63, 3.8) is 0 Å². The molecule has 2 heterocycles. The molecular weight excluding hydrogens is 442 g/mol. The van der Waals surface area contributed by atoms with Crippen LogP contribution in [0.1, 0.15) is 64.3 Å². The van der Waals surface area contributed by atoms with E-state index >= 15 is 0 Å². The molecular formula is C28H35N3O4. The summed E-state index contributed by atoms with van der Waals surface area (Å²) in [6.07, 6.45) is 3.13. The average Bonchev–Trinajstić information content (AvgIpc) is 3.30. The van der Waals surface area contributed by atoms with Gasteiger partial charge in [0.1, 0.15) is 11.3 Å². The summed E-state index contributed by atoms with van der Waals surface area (Å²) < 4.78 is 11.9. The summed E-state index contributed by atoms with van der Waals surface area (Å²) in [5.74, 6) is 0.527. The second-order valence-electron chi connectivity index (χ2n) is 10.6. The number of nitrogens with one attached hydrogen (secondary N) is 1. The number of imide groups is 1. The Bertz CT molecular complexity index is 1210. The van der Waals surface area contributed by atoms with Crippen LogP contribution in [0, 0.1) is 5.41 Å². The number of aryl methyl sites for hydroxylation is 1. The minimum atomic E-state index is -1.05. The fourth-order valence-corrected chi connectivity index (χ4v) is 4.61. The van der Waals surface area contributed by atoms with Crippen molar-refractivity contribution in [2.45, 2.75) is 65.8 Å². The largest absolute Gasteiger partial charge is 0.493 e. The van der Waals surface area contributed by atoms with Gasteiger partial charge in [0.2, 0.25) is 0 Å². The number of rotatable bonds is 9. The Morgan fingerprint density at radius 1 is 1.11 bits per heavy atom. The van der Waals surface area contributed by atoms with E-state index in [-0.39, 0.29) is 23.9 Å². The van der Waals surface area contributed by atoms with Gasteiger partial charge in [-0.3, -0.25) is 9.69 Å². The van der Waals surface area contributed by atoms with Gasteiger partial charge in [0.25, 0.3) is 5.91 Å². The third-order valence-corrected chi connectivity index (χ3v) is 6.38. The smallest absolute Gasteiger partial charge is 0.325 e. The number of carbonyl (C=O) groups excluding carboxylic acids is 2. The second-order valence-corrected chi connectivity index (χ2v) is 10.6. The molecule has 1 unspecified atom stereocenters. The Morgan fingerprint density at radius 2 is 1.86 bits per heavy atom. The summed E-state index contributed by atoms with van der Waals surface area (Å²) in [5, 5.41) is 8.23. The molecule has 1 aliphatic rings. The van der Waals surface area contributed by atoms with E-state index in [9.17, 15) is 9.59 Å². The van der Waals surface area contributed by atoms with Gasteiger partial charge < -0.3 is 14.6 Å². The average molecular weight is 478 g/mol. The maximum atomic E-state index is 13.1. The van der Waals surface area contributed by atoms with Crippen molar-refractivity contribution in [3.05, 3.63) is 59.3 Å². The topological polar surface area (TPSA) is 84.7 Å². The van der Waals surface area contributed by atoms with Crippen LogP contribution in [0.4, 0.5) is 4.79 Å². The van der Waals surface area contributed by atoms with Gasteiger partial charge in [0.05, 0.1) is 12.3 Å². The van der Waals surface area contributed by atoms with Crippen molar-refractivity contribution in [1.82, 2.24) is 15.4 Å². The van der Waals surface area contributed by atoms with E-state index < -0.39 is 5.54 Å². The lowest BCUT2D eigenvalue weighted by atomic mass is 9.89. The molecule has 1 N–H and O–H groups in total. The van der Waals surface area contributed by atoms with Crippen LogP contribution in [-0.2, 0) is 23.2 Å². The highest BCUT2D eigenvalue weighted by atomic mass is 16.5. The van der Waals surface area contributed by atoms with Crippen molar-refractivity contribution < 1.29 is 18.8 Å². The number of ether oxygens (including phenoxy) is 1. The molecule has 3 aromatic rings. The molecule has 35 heavy (non-hydrogen) atoms. The zero-order valence-corrected chi connectivity index (χ0v) is 21.3. The lowest BCUT2D eigenvalue weighted by molar-refractivity contribution is -0.131. The first-order valence-electron chi connectivity index (χ1n) is 12.4. The van der Waals surface area contributed by atoms with E-state index in [4.69, 9.17) is 9.26 Å². The number of urea groups is 1. The number of carbonyl (C=O) groups is 2. The lowest BCUT2D eigenvalue weighted by Gasteiger charge is -2.22. The van der Waals surface area contributed by atoms with Crippen LogP contribution in [0.3, 0.4) is 0 Å². The van der Waals surface area contributed by atoms with E-state index in [1.165, 1.54) is 4.90 Å². The van der Waals surface area contributed by atoms with Crippen LogP contribution >= 0.6 is 0 Å². The monoisotopic (exact) mass is 477 g/mol. The van der Waals surface area contributed by atoms with Gasteiger partial charge in [-0.05, 0) is 49.3 Å². The first kappa shape index (κ1) is 24.8. The number of hydrogen-bond acceptors (Lipinski definition) is 5. The highest BCUT2D eigenvalue weighted by Gasteiger charge is 2.48. The fraction of sp³-hybridized carbons (Fsp3) is 0.464. The molecule has 1 aliphatic heterocycles. The quantitative estimate of drug-likeness (QED) is 0.320. The van der Waals surface area contributed by atoms with Crippen molar-refractivity contribution in [2.75, 3.05) is 13.2 Å². The fourth-order valence-electron chi connectivity index (χ4n) is 4.61. The molecule has 0 aliphatic carbocycles. The third kappa shape index (κ3) is 5.04. The van der Waals surface area contributed by atoms with Crippen LogP contribution in [0.15, 0.2) is 47.0 Å². The van der Waals surface area contributed by atoms with E-state index in [1.54, 1.807) is 6.92 Å². The van der Waals surface area contributed by atoms with Gasteiger partial charge in [-0.2, -0.15) is 0 Å². The molecule has 4 rings (SSSR count). The second kappa shape index (κ2) is 9.72. The Hall–Kier alpha value is -3.35. The summed E-state index contributed by atoms with van der Waals surface area (Å²) in [6.45, 7) is 11.1. The van der Waals surface area contributed by atoms with Gasteiger partial charge in [0, 0.05) is 17.5 Å². The molecule has 0 spiro atoms. The molecule has 1 saturated heterocycles. The van der Waals surface area contributed by atoms with Crippen LogP contribution < -0.4 is 10.1 Å². The number of hydrogen-bond donors (Lipinski definition) is 1. The van der Waals surface area contributed by atoms with Gasteiger partial charge in [0.15, 0.2) is 5.58 Å². The Labute approximate surface area is 206 Å². The SMILES string of the molecule is CCCc1c(OCCCN2C(=O)NC(C)(c3ccccc3)C2=O)ccc2c(CC(C)(C)C)noc12. The lowest BCUT2D eigenvalue weighted by Crippen LogP contribution is -2.41. The first-order valence-corrected chi connectivity index (χ1v) is 12.4. The maximum Gasteiger partial charge on any atom is 0.325 e. The predicted octanol–water partition coefficient (Wildman–Crippen LogP) is 5.61. The minimum absolute atomic E-state index is 0.111. The van der Waals surface area contributed by atoms with E-state index in [1.807, 2.05) is 42.5 Å². The van der Waals surface area contributed by atoms with E-state index in [0.717, 1.165) is 52.8 Å². The van der Waals surface area contributed by atoms with Crippen LogP contribution in [-0.4, -0.2) is 35.1 Å². The number of aromatic nitrogens is 1. The zero-order chi connectivity index (χ0) is 25.2. The number of fused-ring (bicyclic) bond motifs is 1. The summed E-state index contributed by atoms with van der Waals surface area (Å²) in [4.78, 5) is 26.9. The highest BCUT2D eigenvalue weighted by molar-refractivity contribution is 6.07. The van der Waals surface area contributed by atoms with Gasteiger partial charge in [-0.1, -0.05) is 69.6 Å². The number of nitrogens with zero attached hydrogens (tertiary/aromatic N) is 2. The number of benzene rings is 2. The molecule has 186 valence electrons. The van der Waals surface area contributed by atoms with Crippen molar-refractivity contribution in [2.24, 2.45) is 5.41 Å². The molecule has 7 nitrogen and oxygen atoms in total. The first-order chi connectivity index (χ1) is 16.6. The molecule has 3 amide bonds. The van der Waals surface area contributed by atoms with Gasteiger partial charge in [-0.15, -0.1) is 0 Å². The molecule has 1 fully saturated rings. The van der Waals surface area contributed by atoms with Crippen LogP contribution in [0.2, 0.25) is 0 Å². The molecule has 1 atom stereocenters. The standard InChI is InChI=1S/C28H35N3O4/c1-6-11-21-23(15-14-20-22(18-27(2,3)4)30-35-24(20)21)34-17-10-16-31-25(32)28(5,29-26(31)33)19-12-8-7-9-13-19/h7-9,12-15H,6,10-11,16-18H2,1-5H3,(H,29,33). The Morgan fingerprint density at radius 3 is 2.54 bits per heavy atom. The molecule has 0 saturated carbocycles. The minimum Gasteiger partial charge on any atom is -0.493 e. The molecule has 0 radical (unpaired) electrons. The predicted molar refractivity (Wildman–Crippen MR) is 135 cm³/mol. The van der Waals surface area contributed by atoms with Crippen LogP contribution in [0.25, 0.3) is 11.0 Å².